The molecule has 3 heterocycles. The van der Waals surface area contributed by atoms with E-state index < -0.39 is 5.92 Å². The van der Waals surface area contributed by atoms with E-state index in [4.69, 9.17) is 14.9 Å². The minimum atomic E-state index is -0.457. The number of ether oxygens (including phenoxy) is 1. The fourth-order valence-electron chi connectivity index (χ4n) is 2.96. The molecule has 0 spiro atoms. The van der Waals surface area contributed by atoms with Crippen molar-refractivity contribution in [3.63, 3.8) is 0 Å². The summed E-state index contributed by atoms with van der Waals surface area (Å²) in [5.74, 6) is 1.36. The summed E-state index contributed by atoms with van der Waals surface area (Å²) in [5.41, 5.74) is 8.72. The number of nitriles is 1. The second-order valence-electron chi connectivity index (χ2n) is 5.56. The van der Waals surface area contributed by atoms with Crippen LogP contribution >= 0.6 is 0 Å². The normalized spacial score (nSPS) is 16.4. The standard InChI is InChI=1S/C18H14N4O2/c1-10-7-8-13(23-10)14-12(9-19)17(20)24-18-15(14)16(21-22-18)11-5-3-2-4-6-11/h2-8,14H,20H2,1H3,(H,21,22)/t14-/m1/s1. The first kappa shape index (κ1) is 14.2. The van der Waals surface area contributed by atoms with Crippen LogP contribution < -0.4 is 10.5 Å². The van der Waals surface area contributed by atoms with Crippen molar-refractivity contribution in [3.05, 3.63) is 71.0 Å². The summed E-state index contributed by atoms with van der Waals surface area (Å²) >= 11 is 0. The van der Waals surface area contributed by atoms with Gasteiger partial charge in [0.1, 0.15) is 23.2 Å². The summed E-state index contributed by atoms with van der Waals surface area (Å²) in [5, 5.41) is 16.8. The molecule has 24 heavy (non-hydrogen) atoms. The Morgan fingerprint density at radius 2 is 2.00 bits per heavy atom. The molecule has 0 bridgehead atoms. The molecular formula is C18H14N4O2. The molecule has 3 N–H and O–H groups in total. The Morgan fingerprint density at radius 3 is 2.67 bits per heavy atom. The Bertz CT molecular complexity index is 976. The molecule has 1 aromatic carbocycles. The molecule has 3 aromatic rings. The van der Waals surface area contributed by atoms with Crippen molar-refractivity contribution >= 4 is 0 Å². The summed E-state index contributed by atoms with van der Waals surface area (Å²) < 4.78 is 11.3. The average Bonchev–Trinajstić information content (AvgIpc) is 3.20. The topological polar surface area (TPSA) is 101 Å². The number of benzene rings is 1. The Morgan fingerprint density at radius 1 is 1.21 bits per heavy atom. The van der Waals surface area contributed by atoms with E-state index in [1.807, 2.05) is 49.4 Å². The van der Waals surface area contributed by atoms with E-state index >= 15 is 0 Å². The summed E-state index contributed by atoms with van der Waals surface area (Å²) in [6, 6.07) is 15.6. The maximum Gasteiger partial charge on any atom is 0.244 e. The zero-order valence-corrected chi connectivity index (χ0v) is 12.9. The van der Waals surface area contributed by atoms with Gasteiger partial charge in [-0.05, 0) is 24.6 Å². The lowest BCUT2D eigenvalue weighted by Gasteiger charge is -2.22. The molecule has 0 saturated carbocycles. The molecule has 0 unspecified atom stereocenters. The van der Waals surface area contributed by atoms with Crippen LogP contribution in [0.4, 0.5) is 0 Å². The van der Waals surface area contributed by atoms with Gasteiger partial charge in [0.2, 0.25) is 11.8 Å². The number of hydrogen-bond acceptors (Lipinski definition) is 5. The van der Waals surface area contributed by atoms with Crippen LogP contribution in [0.1, 0.15) is 23.0 Å². The number of fused-ring (bicyclic) bond motifs is 1. The van der Waals surface area contributed by atoms with Crippen LogP contribution in [0.15, 0.2) is 58.3 Å². The fourth-order valence-corrected chi connectivity index (χ4v) is 2.96. The molecule has 1 aliphatic heterocycles. The third kappa shape index (κ3) is 2.07. The van der Waals surface area contributed by atoms with Gasteiger partial charge >= 0.3 is 0 Å². The zero-order chi connectivity index (χ0) is 16.7. The highest BCUT2D eigenvalue weighted by molar-refractivity contribution is 5.70. The van der Waals surface area contributed by atoms with E-state index in [2.05, 4.69) is 16.3 Å². The first-order chi connectivity index (χ1) is 11.7. The second-order valence-corrected chi connectivity index (χ2v) is 5.56. The van der Waals surface area contributed by atoms with Crippen LogP contribution in [-0.4, -0.2) is 10.2 Å². The molecule has 6 nitrogen and oxygen atoms in total. The lowest BCUT2D eigenvalue weighted by molar-refractivity contribution is 0.369. The zero-order valence-electron chi connectivity index (χ0n) is 12.9. The summed E-state index contributed by atoms with van der Waals surface area (Å²) in [4.78, 5) is 0. The molecule has 4 rings (SSSR count). The molecule has 0 amide bonds. The van der Waals surface area contributed by atoms with Gasteiger partial charge in [-0.2, -0.15) is 5.26 Å². The van der Waals surface area contributed by atoms with Gasteiger partial charge in [0, 0.05) is 0 Å². The Balaban J connectivity index is 1.96. The molecule has 0 aliphatic carbocycles. The number of furan rings is 1. The van der Waals surface area contributed by atoms with E-state index in [1.165, 1.54) is 0 Å². The summed E-state index contributed by atoms with van der Waals surface area (Å²) in [7, 11) is 0. The summed E-state index contributed by atoms with van der Waals surface area (Å²) in [6.45, 7) is 1.86. The fraction of sp³-hybridized carbons (Fsp3) is 0.111. The van der Waals surface area contributed by atoms with Crippen LogP contribution in [0.25, 0.3) is 11.3 Å². The molecule has 6 heteroatoms. The van der Waals surface area contributed by atoms with E-state index in [0.717, 1.165) is 22.6 Å². The van der Waals surface area contributed by atoms with Crippen molar-refractivity contribution in [1.82, 2.24) is 10.2 Å². The third-order valence-electron chi connectivity index (χ3n) is 4.05. The van der Waals surface area contributed by atoms with Crippen LogP contribution in [0.3, 0.4) is 0 Å². The second kappa shape index (κ2) is 5.32. The monoisotopic (exact) mass is 318 g/mol. The minimum Gasteiger partial charge on any atom is -0.465 e. The van der Waals surface area contributed by atoms with Gasteiger partial charge in [-0.3, -0.25) is 5.10 Å². The molecule has 0 radical (unpaired) electrons. The molecule has 0 fully saturated rings. The predicted molar refractivity (Wildman–Crippen MR) is 86.8 cm³/mol. The smallest absolute Gasteiger partial charge is 0.244 e. The van der Waals surface area contributed by atoms with Gasteiger partial charge in [0.25, 0.3) is 0 Å². The third-order valence-corrected chi connectivity index (χ3v) is 4.05. The lowest BCUT2D eigenvalue weighted by atomic mass is 9.86. The lowest BCUT2D eigenvalue weighted by Crippen LogP contribution is -2.20. The predicted octanol–water partition coefficient (Wildman–Crippen LogP) is 3.20. The van der Waals surface area contributed by atoms with Crippen molar-refractivity contribution in [2.75, 3.05) is 0 Å². The first-order valence-electron chi connectivity index (χ1n) is 7.46. The summed E-state index contributed by atoms with van der Waals surface area (Å²) in [6.07, 6.45) is 0. The van der Waals surface area contributed by atoms with Crippen LogP contribution in [0.2, 0.25) is 0 Å². The molecule has 118 valence electrons. The van der Waals surface area contributed by atoms with E-state index in [0.29, 0.717) is 17.2 Å². The number of allylic oxidation sites excluding steroid dienone is 1. The van der Waals surface area contributed by atoms with Crippen molar-refractivity contribution in [1.29, 1.82) is 5.26 Å². The van der Waals surface area contributed by atoms with Gasteiger partial charge < -0.3 is 14.9 Å². The number of aryl methyl sites for hydroxylation is 1. The van der Waals surface area contributed by atoms with Gasteiger partial charge in [-0.25, -0.2) is 0 Å². The van der Waals surface area contributed by atoms with Crippen molar-refractivity contribution < 1.29 is 9.15 Å². The number of rotatable bonds is 2. The van der Waals surface area contributed by atoms with Crippen LogP contribution in [0.5, 0.6) is 5.88 Å². The van der Waals surface area contributed by atoms with E-state index in [9.17, 15) is 5.26 Å². The Hall–Kier alpha value is -3.46. The maximum atomic E-state index is 9.58. The average molecular weight is 318 g/mol. The number of aromatic amines is 1. The highest BCUT2D eigenvalue weighted by Gasteiger charge is 2.37. The van der Waals surface area contributed by atoms with Gasteiger partial charge in [-0.1, -0.05) is 30.3 Å². The Kier molecular flexibility index (Phi) is 3.14. The van der Waals surface area contributed by atoms with Crippen molar-refractivity contribution in [2.24, 2.45) is 5.73 Å². The molecule has 2 aromatic heterocycles. The Labute approximate surface area is 138 Å². The maximum absolute atomic E-state index is 9.58. The number of nitrogens with one attached hydrogen (secondary N) is 1. The molecular weight excluding hydrogens is 304 g/mol. The van der Waals surface area contributed by atoms with Crippen LogP contribution in [0, 0.1) is 18.3 Å². The SMILES string of the molecule is Cc1ccc([C@H]2C(C#N)=C(N)Oc3n[nH]c(-c4ccccc4)c32)o1. The molecule has 0 saturated heterocycles. The number of nitrogens with zero attached hydrogens (tertiary/aromatic N) is 2. The van der Waals surface area contributed by atoms with Gasteiger partial charge in [0.05, 0.1) is 17.2 Å². The van der Waals surface area contributed by atoms with Gasteiger partial charge in [0.15, 0.2) is 0 Å². The molecule has 1 atom stereocenters. The van der Waals surface area contributed by atoms with Crippen molar-refractivity contribution in [3.8, 4) is 23.2 Å². The quantitative estimate of drug-likeness (QED) is 0.755. The highest BCUT2D eigenvalue weighted by atomic mass is 16.5. The minimum absolute atomic E-state index is 0.0511. The number of H-pyrrole nitrogens is 1. The van der Waals surface area contributed by atoms with E-state index in [-0.39, 0.29) is 5.88 Å². The van der Waals surface area contributed by atoms with Crippen LogP contribution in [-0.2, 0) is 0 Å². The largest absolute Gasteiger partial charge is 0.465 e. The van der Waals surface area contributed by atoms with Crippen molar-refractivity contribution in [2.45, 2.75) is 12.8 Å². The highest BCUT2D eigenvalue weighted by Crippen LogP contribution is 2.45. The van der Waals surface area contributed by atoms with Gasteiger partial charge in [-0.15, -0.1) is 5.10 Å². The first-order valence-corrected chi connectivity index (χ1v) is 7.46. The van der Waals surface area contributed by atoms with E-state index in [1.54, 1.807) is 0 Å². The molecule has 1 aliphatic rings. The number of hydrogen-bond donors (Lipinski definition) is 2. The number of aromatic nitrogens is 2. The number of nitrogens with two attached hydrogens (primary N) is 1.